The molecular formula is C12H14F2N2O4S. The number of carboxylic acids is 1. The van der Waals surface area contributed by atoms with Gasteiger partial charge in [0.05, 0.1) is 5.69 Å². The Morgan fingerprint density at radius 3 is 2.57 bits per heavy atom. The van der Waals surface area contributed by atoms with Crippen LogP contribution >= 0.6 is 11.8 Å². The first-order valence-corrected chi connectivity index (χ1v) is 6.77. The predicted octanol–water partition coefficient (Wildman–Crippen LogP) is 1.96. The highest BCUT2D eigenvalue weighted by molar-refractivity contribution is 7.99. The third-order valence-corrected chi connectivity index (χ3v) is 3.13. The monoisotopic (exact) mass is 320 g/mol. The number of nitrogens with one attached hydrogen (secondary N) is 2. The molecule has 0 aliphatic heterocycles. The van der Waals surface area contributed by atoms with Crippen LogP contribution in [-0.4, -0.2) is 40.6 Å². The molecule has 0 aromatic heterocycles. The molecule has 6 nitrogen and oxygen atoms in total. The molecule has 0 saturated carbocycles. The van der Waals surface area contributed by atoms with E-state index in [2.05, 4.69) is 10.6 Å². The van der Waals surface area contributed by atoms with E-state index in [4.69, 9.17) is 10.2 Å². The largest absolute Gasteiger partial charge is 0.479 e. The maximum absolute atomic E-state index is 12.4. The van der Waals surface area contributed by atoms with Gasteiger partial charge in [0.2, 0.25) is 0 Å². The molecule has 4 N–H and O–H groups in total. The average molecular weight is 320 g/mol. The second-order valence-electron chi connectivity index (χ2n) is 3.90. The number of aliphatic hydroxyl groups excluding tert-OH is 1. The number of hydrogen-bond acceptors (Lipinski definition) is 4. The minimum Gasteiger partial charge on any atom is -0.479 e. The number of hydrogen-bond donors (Lipinski definition) is 4. The van der Waals surface area contributed by atoms with Gasteiger partial charge in [0, 0.05) is 17.9 Å². The standard InChI is InChI=1S/C12H14F2N2O4S/c13-11(14)21-9-4-2-1-3-7(9)16-12(20)15-6-5-8(17)10(18)19/h1-4,8,11,17H,5-6H2,(H,18,19)(H2,15,16,20). The summed E-state index contributed by atoms with van der Waals surface area (Å²) < 4.78 is 24.7. The molecule has 1 aromatic rings. The fraction of sp³-hybridized carbons (Fsp3) is 0.333. The molecule has 1 rings (SSSR count). The summed E-state index contributed by atoms with van der Waals surface area (Å²) in [4.78, 5) is 22.1. The fourth-order valence-electron chi connectivity index (χ4n) is 1.38. The number of carbonyl (C=O) groups excluding carboxylic acids is 1. The van der Waals surface area contributed by atoms with Crippen molar-refractivity contribution in [2.75, 3.05) is 11.9 Å². The summed E-state index contributed by atoms with van der Waals surface area (Å²) in [6.45, 7) is -0.0660. The lowest BCUT2D eigenvalue weighted by Gasteiger charge is -2.12. The molecule has 21 heavy (non-hydrogen) atoms. The van der Waals surface area contributed by atoms with Crippen molar-refractivity contribution in [3.8, 4) is 0 Å². The summed E-state index contributed by atoms with van der Waals surface area (Å²) in [5.41, 5.74) is 0.221. The number of halogens is 2. The summed E-state index contributed by atoms with van der Waals surface area (Å²) in [7, 11) is 0. The van der Waals surface area contributed by atoms with Crippen molar-refractivity contribution in [1.29, 1.82) is 0 Å². The van der Waals surface area contributed by atoms with Gasteiger partial charge in [0.1, 0.15) is 0 Å². The summed E-state index contributed by atoms with van der Waals surface area (Å²) in [5.74, 6) is -3.99. The first kappa shape index (κ1) is 17.2. The van der Waals surface area contributed by atoms with Gasteiger partial charge in [-0.05, 0) is 12.1 Å². The highest BCUT2D eigenvalue weighted by atomic mass is 32.2. The van der Waals surface area contributed by atoms with Gasteiger partial charge in [-0.2, -0.15) is 8.78 Å². The molecule has 0 spiro atoms. The van der Waals surface area contributed by atoms with Gasteiger partial charge in [-0.3, -0.25) is 0 Å². The smallest absolute Gasteiger partial charge is 0.332 e. The molecule has 0 aliphatic rings. The summed E-state index contributed by atoms with van der Waals surface area (Å²) >= 11 is 0.306. The molecule has 1 unspecified atom stereocenters. The molecule has 0 heterocycles. The number of aliphatic hydroxyl groups is 1. The van der Waals surface area contributed by atoms with Crippen LogP contribution in [0.1, 0.15) is 6.42 Å². The van der Waals surface area contributed by atoms with Gasteiger partial charge >= 0.3 is 12.0 Å². The van der Waals surface area contributed by atoms with Crippen LogP contribution in [0.3, 0.4) is 0 Å². The fourth-order valence-corrected chi connectivity index (χ4v) is 1.98. The Labute approximate surface area is 123 Å². The third-order valence-electron chi connectivity index (χ3n) is 2.34. The minimum absolute atomic E-state index is 0.0660. The zero-order chi connectivity index (χ0) is 15.8. The number of amides is 2. The number of aliphatic carboxylic acids is 1. The maximum Gasteiger partial charge on any atom is 0.332 e. The lowest BCUT2D eigenvalue weighted by Crippen LogP contribution is -2.33. The van der Waals surface area contributed by atoms with Gasteiger partial charge in [0.25, 0.3) is 5.76 Å². The van der Waals surface area contributed by atoms with Crippen molar-refractivity contribution < 1.29 is 28.6 Å². The lowest BCUT2D eigenvalue weighted by molar-refractivity contribution is -0.146. The Hall–Kier alpha value is -1.87. The Morgan fingerprint density at radius 2 is 1.95 bits per heavy atom. The first-order chi connectivity index (χ1) is 9.90. The van der Waals surface area contributed by atoms with Crippen molar-refractivity contribution in [2.24, 2.45) is 0 Å². The van der Waals surface area contributed by atoms with Crippen LogP contribution in [-0.2, 0) is 4.79 Å². The van der Waals surface area contributed by atoms with Crippen LogP contribution in [0.5, 0.6) is 0 Å². The number of alkyl halides is 2. The number of carbonyl (C=O) groups is 2. The molecule has 0 fully saturated rings. The van der Waals surface area contributed by atoms with Gasteiger partial charge < -0.3 is 20.8 Å². The van der Waals surface area contributed by atoms with Crippen LogP contribution in [0.25, 0.3) is 0 Å². The number of anilines is 1. The minimum atomic E-state index is -2.61. The molecule has 1 aromatic carbocycles. The quantitative estimate of drug-likeness (QED) is 0.576. The van der Waals surface area contributed by atoms with Crippen LogP contribution in [0.2, 0.25) is 0 Å². The first-order valence-electron chi connectivity index (χ1n) is 5.89. The molecule has 1 atom stereocenters. The summed E-state index contributed by atoms with van der Waals surface area (Å²) in [6.07, 6.45) is -1.72. The van der Waals surface area contributed by atoms with Gasteiger partial charge in [0.15, 0.2) is 6.10 Å². The zero-order valence-corrected chi connectivity index (χ0v) is 11.6. The van der Waals surface area contributed by atoms with Crippen molar-refractivity contribution in [2.45, 2.75) is 23.2 Å². The SMILES string of the molecule is O=C(NCCC(O)C(=O)O)Nc1ccccc1SC(F)F. The maximum atomic E-state index is 12.4. The number of carboxylic acid groups (broad SMARTS) is 1. The van der Waals surface area contributed by atoms with Crippen molar-refractivity contribution in [3.63, 3.8) is 0 Å². The second kappa shape index (κ2) is 8.42. The number of para-hydroxylation sites is 1. The number of urea groups is 1. The lowest BCUT2D eigenvalue weighted by atomic mass is 10.2. The van der Waals surface area contributed by atoms with E-state index in [1.54, 1.807) is 12.1 Å². The number of benzene rings is 1. The summed E-state index contributed by atoms with van der Waals surface area (Å²) in [6, 6.07) is 5.39. The average Bonchev–Trinajstić information content (AvgIpc) is 2.40. The molecule has 2 amide bonds. The number of rotatable bonds is 7. The van der Waals surface area contributed by atoms with E-state index in [-0.39, 0.29) is 23.5 Å². The molecule has 0 bridgehead atoms. The molecule has 0 saturated heterocycles. The molecule has 0 radical (unpaired) electrons. The molecular weight excluding hydrogens is 306 g/mol. The van der Waals surface area contributed by atoms with E-state index in [1.807, 2.05) is 0 Å². The molecule has 116 valence electrons. The van der Waals surface area contributed by atoms with Crippen LogP contribution in [0, 0.1) is 0 Å². The van der Waals surface area contributed by atoms with E-state index >= 15 is 0 Å². The normalized spacial score (nSPS) is 12.0. The van der Waals surface area contributed by atoms with E-state index < -0.39 is 23.9 Å². The van der Waals surface area contributed by atoms with E-state index in [9.17, 15) is 18.4 Å². The second-order valence-corrected chi connectivity index (χ2v) is 4.93. The van der Waals surface area contributed by atoms with Crippen molar-refractivity contribution >= 4 is 29.4 Å². The Kier molecular flexibility index (Phi) is 6.89. The molecule has 9 heteroatoms. The predicted molar refractivity (Wildman–Crippen MR) is 73.6 cm³/mol. The highest BCUT2D eigenvalue weighted by Gasteiger charge is 2.14. The topological polar surface area (TPSA) is 98.7 Å². The zero-order valence-electron chi connectivity index (χ0n) is 10.8. The van der Waals surface area contributed by atoms with Gasteiger partial charge in [-0.15, -0.1) is 0 Å². The van der Waals surface area contributed by atoms with Crippen LogP contribution in [0.15, 0.2) is 29.2 Å². The number of thioether (sulfide) groups is 1. The Bertz CT molecular complexity index is 502. The van der Waals surface area contributed by atoms with E-state index in [0.29, 0.717) is 11.8 Å². The van der Waals surface area contributed by atoms with Gasteiger partial charge in [-0.1, -0.05) is 23.9 Å². The van der Waals surface area contributed by atoms with Crippen LogP contribution < -0.4 is 10.6 Å². The van der Waals surface area contributed by atoms with E-state index in [0.717, 1.165) is 0 Å². The van der Waals surface area contributed by atoms with Crippen molar-refractivity contribution in [3.05, 3.63) is 24.3 Å². The third kappa shape index (κ3) is 6.41. The Morgan fingerprint density at radius 1 is 1.29 bits per heavy atom. The highest BCUT2D eigenvalue weighted by Crippen LogP contribution is 2.31. The van der Waals surface area contributed by atoms with E-state index in [1.165, 1.54) is 12.1 Å². The van der Waals surface area contributed by atoms with Crippen LogP contribution in [0.4, 0.5) is 19.3 Å². The van der Waals surface area contributed by atoms with Gasteiger partial charge in [-0.25, -0.2) is 9.59 Å². The Balaban J connectivity index is 2.49. The molecule has 0 aliphatic carbocycles. The van der Waals surface area contributed by atoms with Crippen molar-refractivity contribution in [1.82, 2.24) is 5.32 Å². The summed E-state index contributed by atoms with van der Waals surface area (Å²) in [5, 5.41) is 22.2.